The highest BCUT2D eigenvalue weighted by molar-refractivity contribution is 5.21. The standard InChI is InChI=1S/C8H10FN/c1-7-3-2-4-8(5-7)6-10-9/h2-5,10H,6H2,1H3. The first-order valence-electron chi connectivity index (χ1n) is 3.22. The summed E-state index contributed by atoms with van der Waals surface area (Å²) in [5.41, 5.74) is 3.75. The van der Waals surface area contributed by atoms with Crippen molar-refractivity contribution in [1.29, 1.82) is 0 Å². The predicted molar refractivity (Wildman–Crippen MR) is 39.1 cm³/mol. The van der Waals surface area contributed by atoms with Crippen LogP contribution in [-0.2, 0) is 6.54 Å². The Morgan fingerprint density at radius 2 is 2.30 bits per heavy atom. The fourth-order valence-electron chi connectivity index (χ4n) is 0.899. The molecule has 0 aromatic heterocycles. The number of benzene rings is 1. The van der Waals surface area contributed by atoms with Gasteiger partial charge in [-0.2, -0.15) is 5.54 Å². The van der Waals surface area contributed by atoms with Gasteiger partial charge in [0.1, 0.15) is 0 Å². The summed E-state index contributed by atoms with van der Waals surface area (Å²) < 4.78 is 11.6. The van der Waals surface area contributed by atoms with Crippen molar-refractivity contribution >= 4 is 0 Å². The van der Waals surface area contributed by atoms with Crippen LogP contribution < -0.4 is 5.54 Å². The van der Waals surface area contributed by atoms with Gasteiger partial charge in [0.15, 0.2) is 0 Å². The molecule has 1 rings (SSSR count). The van der Waals surface area contributed by atoms with E-state index < -0.39 is 0 Å². The molecule has 1 N–H and O–H groups in total. The van der Waals surface area contributed by atoms with Gasteiger partial charge in [-0.1, -0.05) is 29.8 Å². The second-order valence-electron chi connectivity index (χ2n) is 2.30. The van der Waals surface area contributed by atoms with Crippen LogP contribution in [0.3, 0.4) is 0 Å². The highest BCUT2D eigenvalue weighted by Gasteiger charge is 1.89. The van der Waals surface area contributed by atoms with Gasteiger partial charge in [0.05, 0.1) is 6.54 Å². The molecule has 0 fully saturated rings. The first-order chi connectivity index (χ1) is 4.83. The van der Waals surface area contributed by atoms with E-state index in [4.69, 9.17) is 0 Å². The number of hydrogen-bond acceptors (Lipinski definition) is 1. The van der Waals surface area contributed by atoms with Crippen LogP contribution in [0.1, 0.15) is 11.1 Å². The van der Waals surface area contributed by atoms with E-state index in [1.165, 1.54) is 0 Å². The SMILES string of the molecule is Cc1cccc(CNF)c1. The van der Waals surface area contributed by atoms with Gasteiger partial charge in [-0.15, -0.1) is 4.48 Å². The van der Waals surface area contributed by atoms with E-state index in [0.717, 1.165) is 11.1 Å². The Labute approximate surface area is 59.8 Å². The fourth-order valence-corrected chi connectivity index (χ4v) is 0.899. The largest absolute Gasteiger partial charge is 0.155 e. The smallest absolute Gasteiger partial charge is 0.0510 e. The van der Waals surface area contributed by atoms with Crippen molar-refractivity contribution in [3.05, 3.63) is 35.4 Å². The molecule has 1 aromatic rings. The van der Waals surface area contributed by atoms with E-state index in [1.807, 2.05) is 31.2 Å². The summed E-state index contributed by atoms with van der Waals surface area (Å²) in [6.45, 7) is 2.28. The lowest BCUT2D eigenvalue weighted by molar-refractivity contribution is 0.330. The third-order valence-corrected chi connectivity index (χ3v) is 1.35. The molecule has 0 bridgehead atoms. The average Bonchev–Trinajstić information content (AvgIpc) is 1.88. The Morgan fingerprint density at radius 3 is 2.90 bits per heavy atom. The maximum Gasteiger partial charge on any atom is 0.0510 e. The summed E-state index contributed by atoms with van der Waals surface area (Å²) in [5, 5.41) is 0. The molecule has 0 spiro atoms. The van der Waals surface area contributed by atoms with Gasteiger partial charge in [-0.3, -0.25) is 0 Å². The topological polar surface area (TPSA) is 12.0 Å². The maximum atomic E-state index is 11.6. The zero-order valence-electron chi connectivity index (χ0n) is 5.89. The Bertz CT molecular complexity index is 210. The third-order valence-electron chi connectivity index (χ3n) is 1.35. The molecule has 0 heterocycles. The number of hydrogen-bond donors (Lipinski definition) is 1. The number of rotatable bonds is 2. The van der Waals surface area contributed by atoms with E-state index >= 15 is 0 Å². The molecular weight excluding hydrogens is 129 g/mol. The van der Waals surface area contributed by atoms with Crippen molar-refractivity contribution in [1.82, 2.24) is 5.54 Å². The molecule has 0 saturated heterocycles. The first-order valence-corrected chi connectivity index (χ1v) is 3.22. The van der Waals surface area contributed by atoms with Crippen LogP contribution >= 0.6 is 0 Å². The van der Waals surface area contributed by atoms with Gasteiger partial charge >= 0.3 is 0 Å². The lowest BCUT2D eigenvalue weighted by atomic mass is 10.1. The Balaban J connectivity index is 2.75. The number of nitrogens with one attached hydrogen (secondary N) is 1. The summed E-state index contributed by atoms with van der Waals surface area (Å²) in [6, 6.07) is 7.75. The summed E-state index contributed by atoms with van der Waals surface area (Å²) in [6.07, 6.45) is 0. The minimum atomic E-state index is 0.293. The van der Waals surface area contributed by atoms with E-state index in [0.29, 0.717) is 6.54 Å². The van der Waals surface area contributed by atoms with Crippen LogP contribution in [-0.4, -0.2) is 0 Å². The van der Waals surface area contributed by atoms with Crippen LogP contribution in [0.15, 0.2) is 24.3 Å². The highest BCUT2D eigenvalue weighted by atomic mass is 19.2. The summed E-state index contributed by atoms with van der Waals surface area (Å²) in [5.74, 6) is 0. The molecule has 1 aromatic carbocycles. The molecule has 0 amide bonds. The summed E-state index contributed by atoms with van der Waals surface area (Å²) in [7, 11) is 0. The van der Waals surface area contributed by atoms with Crippen molar-refractivity contribution in [2.45, 2.75) is 13.5 Å². The molecule has 0 aliphatic rings. The quantitative estimate of drug-likeness (QED) is 0.618. The van der Waals surface area contributed by atoms with Gasteiger partial charge in [0.25, 0.3) is 0 Å². The Morgan fingerprint density at radius 1 is 1.50 bits per heavy atom. The van der Waals surface area contributed by atoms with Gasteiger partial charge in [0, 0.05) is 0 Å². The van der Waals surface area contributed by atoms with Gasteiger partial charge < -0.3 is 0 Å². The first kappa shape index (κ1) is 7.22. The minimum Gasteiger partial charge on any atom is -0.155 e. The van der Waals surface area contributed by atoms with Crippen LogP contribution in [0.2, 0.25) is 0 Å². The van der Waals surface area contributed by atoms with Crippen molar-refractivity contribution in [3.63, 3.8) is 0 Å². The fraction of sp³-hybridized carbons (Fsp3) is 0.250. The van der Waals surface area contributed by atoms with Gasteiger partial charge in [-0.25, -0.2) is 0 Å². The van der Waals surface area contributed by atoms with Crippen LogP contribution in [0.25, 0.3) is 0 Å². The molecule has 0 atom stereocenters. The molecule has 0 unspecified atom stereocenters. The molecule has 0 radical (unpaired) electrons. The summed E-state index contributed by atoms with van der Waals surface area (Å²) in [4.78, 5) is 0. The van der Waals surface area contributed by atoms with Crippen molar-refractivity contribution in [2.75, 3.05) is 0 Å². The summed E-state index contributed by atoms with van der Waals surface area (Å²) >= 11 is 0. The maximum absolute atomic E-state index is 11.6. The Kier molecular flexibility index (Phi) is 2.40. The third kappa shape index (κ3) is 1.81. The molecule has 2 heteroatoms. The van der Waals surface area contributed by atoms with Crippen LogP contribution in [0.5, 0.6) is 0 Å². The highest BCUT2D eigenvalue weighted by Crippen LogP contribution is 2.02. The van der Waals surface area contributed by atoms with Crippen LogP contribution in [0.4, 0.5) is 4.48 Å². The lowest BCUT2D eigenvalue weighted by Gasteiger charge is -1.97. The number of halogens is 1. The normalized spacial score (nSPS) is 9.80. The molecular formula is C8H10FN. The number of aryl methyl sites for hydroxylation is 1. The van der Waals surface area contributed by atoms with E-state index in [1.54, 1.807) is 5.54 Å². The van der Waals surface area contributed by atoms with Gasteiger partial charge in [0.2, 0.25) is 0 Å². The minimum absolute atomic E-state index is 0.293. The van der Waals surface area contributed by atoms with E-state index in [9.17, 15) is 4.48 Å². The average molecular weight is 139 g/mol. The molecule has 0 aliphatic heterocycles. The van der Waals surface area contributed by atoms with Gasteiger partial charge in [-0.05, 0) is 12.5 Å². The monoisotopic (exact) mass is 139 g/mol. The van der Waals surface area contributed by atoms with Crippen molar-refractivity contribution < 1.29 is 4.48 Å². The molecule has 0 saturated carbocycles. The molecule has 0 aliphatic carbocycles. The second kappa shape index (κ2) is 3.32. The van der Waals surface area contributed by atoms with Crippen molar-refractivity contribution in [3.8, 4) is 0 Å². The van der Waals surface area contributed by atoms with Crippen LogP contribution in [0, 0.1) is 6.92 Å². The lowest BCUT2D eigenvalue weighted by Crippen LogP contribution is -1.99. The van der Waals surface area contributed by atoms with E-state index in [2.05, 4.69) is 0 Å². The predicted octanol–water partition coefficient (Wildman–Crippen LogP) is 1.97. The zero-order valence-corrected chi connectivity index (χ0v) is 5.89. The van der Waals surface area contributed by atoms with Crippen molar-refractivity contribution in [2.24, 2.45) is 0 Å². The van der Waals surface area contributed by atoms with E-state index in [-0.39, 0.29) is 0 Å². The molecule has 10 heavy (non-hydrogen) atoms. The zero-order chi connectivity index (χ0) is 7.40. The Hall–Kier alpha value is -0.890. The molecule has 1 nitrogen and oxygen atoms in total. The molecule has 54 valence electrons. The second-order valence-corrected chi connectivity index (χ2v) is 2.30.